The first-order valence-electron chi connectivity index (χ1n) is 7.92. The summed E-state index contributed by atoms with van der Waals surface area (Å²) < 4.78 is 18.6. The van der Waals surface area contributed by atoms with Crippen molar-refractivity contribution in [2.75, 3.05) is 13.1 Å². The standard InChI is InChI=1S/C17H23FN4OS/c1-4-19-17(22-11-16-10-20-13(3)24-16)21-9-12(2)23-15-7-5-14(18)6-8-15/h5-8,10,12H,4,9,11H2,1-3H3,(H2,19,21,22). The monoisotopic (exact) mass is 350 g/mol. The summed E-state index contributed by atoms with van der Waals surface area (Å²) in [7, 11) is 0. The van der Waals surface area contributed by atoms with Crippen LogP contribution in [0.2, 0.25) is 0 Å². The lowest BCUT2D eigenvalue weighted by Crippen LogP contribution is -2.41. The van der Waals surface area contributed by atoms with Crippen molar-refractivity contribution in [2.45, 2.75) is 33.4 Å². The molecule has 7 heteroatoms. The molecule has 1 unspecified atom stereocenters. The van der Waals surface area contributed by atoms with E-state index in [1.54, 1.807) is 23.5 Å². The van der Waals surface area contributed by atoms with Crippen LogP contribution in [-0.4, -0.2) is 30.1 Å². The van der Waals surface area contributed by atoms with Crippen molar-refractivity contribution >= 4 is 17.3 Å². The number of guanidine groups is 1. The number of hydrogen-bond acceptors (Lipinski definition) is 4. The Balaban J connectivity index is 1.84. The zero-order chi connectivity index (χ0) is 17.4. The van der Waals surface area contributed by atoms with Gasteiger partial charge in [0.05, 0.1) is 18.1 Å². The van der Waals surface area contributed by atoms with E-state index in [1.165, 1.54) is 12.1 Å². The lowest BCUT2D eigenvalue weighted by molar-refractivity contribution is 0.223. The van der Waals surface area contributed by atoms with Crippen LogP contribution in [0.25, 0.3) is 0 Å². The molecule has 1 aromatic heterocycles. The van der Waals surface area contributed by atoms with E-state index in [0.717, 1.165) is 22.4 Å². The second-order valence-corrected chi connectivity index (χ2v) is 6.62. The average molecular weight is 350 g/mol. The van der Waals surface area contributed by atoms with Crippen molar-refractivity contribution in [3.63, 3.8) is 0 Å². The Hall–Kier alpha value is -2.15. The summed E-state index contributed by atoms with van der Waals surface area (Å²) in [5.41, 5.74) is 0. The summed E-state index contributed by atoms with van der Waals surface area (Å²) in [6, 6.07) is 6.02. The Morgan fingerprint density at radius 1 is 1.33 bits per heavy atom. The molecule has 0 saturated carbocycles. The molecule has 0 spiro atoms. The third kappa shape index (κ3) is 6.16. The third-order valence-corrected chi connectivity index (χ3v) is 4.01. The van der Waals surface area contributed by atoms with Gasteiger partial charge in [0, 0.05) is 17.6 Å². The predicted octanol–water partition coefficient (Wildman–Crippen LogP) is 3.11. The molecule has 1 heterocycles. The fourth-order valence-corrected chi connectivity index (χ4v) is 2.72. The average Bonchev–Trinajstić information content (AvgIpc) is 2.98. The number of hydrogen-bond donors (Lipinski definition) is 2. The van der Waals surface area contributed by atoms with Gasteiger partial charge in [-0.25, -0.2) is 14.4 Å². The number of nitrogens with zero attached hydrogens (tertiary/aromatic N) is 2. The van der Waals surface area contributed by atoms with E-state index in [9.17, 15) is 4.39 Å². The molecule has 0 bridgehead atoms. The normalized spacial score (nSPS) is 12.8. The zero-order valence-electron chi connectivity index (χ0n) is 14.2. The van der Waals surface area contributed by atoms with Crippen LogP contribution < -0.4 is 15.4 Å². The number of aryl methyl sites for hydroxylation is 1. The van der Waals surface area contributed by atoms with E-state index >= 15 is 0 Å². The van der Waals surface area contributed by atoms with Crippen molar-refractivity contribution in [3.8, 4) is 5.75 Å². The van der Waals surface area contributed by atoms with Crippen LogP contribution in [0, 0.1) is 12.7 Å². The van der Waals surface area contributed by atoms with E-state index in [-0.39, 0.29) is 11.9 Å². The Morgan fingerprint density at radius 3 is 2.71 bits per heavy atom. The van der Waals surface area contributed by atoms with E-state index in [4.69, 9.17) is 4.74 Å². The van der Waals surface area contributed by atoms with Crippen LogP contribution in [0.4, 0.5) is 4.39 Å². The first-order chi connectivity index (χ1) is 11.6. The summed E-state index contributed by atoms with van der Waals surface area (Å²) in [5, 5.41) is 7.50. The number of halogens is 1. The lowest BCUT2D eigenvalue weighted by Gasteiger charge is -2.17. The van der Waals surface area contributed by atoms with Gasteiger partial charge < -0.3 is 15.4 Å². The van der Waals surface area contributed by atoms with Gasteiger partial charge in [-0.05, 0) is 45.0 Å². The highest BCUT2D eigenvalue weighted by Crippen LogP contribution is 2.13. The maximum Gasteiger partial charge on any atom is 0.191 e. The Labute approximate surface area is 146 Å². The van der Waals surface area contributed by atoms with Crippen LogP contribution in [0.15, 0.2) is 35.5 Å². The number of rotatable bonds is 7. The van der Waals surface area contributed by atoms with Crippen LogP contribution >= 0.6 is 11.3 Å². The maximum absolute atomic E-state index is 12.9. The van der Waals surface area contributed by atoms with Gasteiger partial charge >= 0.3 is 0 Å². The minimum Gasteiger partial charge on any atom is -0.489 e. The van der Waals surface area contributed by atoms with Crippen LogP contribution in [0.3, 0.4) is 0 Å². The maximum atomic E-state index is 12.9. The number of nitrogens with one attached hydrogen (secondary N) is 2. The first-order valence-corrected chi connectivity index (χ1v) is 8.74. The van der Waals surface area contributed by atoms with Gasteiger partial charge in [0.25, 0.3) is 0 Å². The first kappa shape index (κ1) is 18.2. The highest BCUT2D eigenvalue weighted by Gasteiger charge is 2.06. The quantitative estimate of drug-likeness (QED) is 0.595. The molecule has 2 rings (SSSR count). The fraction of sp³-hybridized carbons (Fsp3) is 0.412. The topological polar surface area (TPSA) is 58.5 Å². The molecule has 0 radical (unpaired) electrons. The molecule has 0 aliphatic carbocycles. The SMILES string of the molecule is CCNC(=NCc1cnc(C)s1)NCC(C)Oc1ccc(F)cc1. The van der Waals surface area contributed by atoms with E-state index in [2.05, 4.69) is 20.6 Å². The Morgan fingerprint density at radius 2 is 2.08 bits per heavy atom. The predicted molar refractivity (Wildman–Crippen MR) is 96.2 cm³/mol. The second-order valence-electron chi connectivity index (χ2n) is 5.30. The molecule has 0 amide bonds. The molecule has 1 atom stereocenters. The van der Waals surface area contributed by atoms with Gasteiger partial charge in [-0.2, -0.15) is 0 Å². The van der Waals surface area contributed by atoms with Gasteiger partial charge in [-0.15, -0.1) is 11.3 Å². The van der Waals surface area contributed by atoms with E-state index < -0.39 is 0 Å². The van der Waals surface area contributed by atoms with Crippen LogP contribution in [0.1, 0.15) is 23.7 Å². The Bertz CT molecular complexity index is 657. The van der Waals surface area contributed by atoms with Crippen molar-refractivity contribution in [2.24, 2.45) is 4.99 Å². The van der Waals surface area contributed by atoms with Crippen LogP contribution in [-0.2, 0) is 6.54 Å². The lowest BCUT2D eigenvalue weighted by atomic mass is 10.3. The molecule has 0 saturated heterocycles. The van der Waals surface area contributed by atoms with Crippen LogP contribution in [0.5, 0.6) is 5.75 Å². The number of aromatic nitrogens is 1. The number of ether oxygens (including phenoxy) is 1. The van der Waals surface area contributed by atoms with Gasteiger partial charge in [0.2, 0.25) is 0 Å². The van der Waals surface area contributed by atoms with Crippen molar-refractivity contribution in [3.05, 3.63) is 46.2 Å². The van der Waals surface area contributed by atoms with Crippen molar-refractivity contribution in [1.29, 1.82) is 0 Å². The Kier molecular flexibility index (Phi) is 6.99. The summed E-state index contributed by atoms with van der Waals surface area (Å²) in [4.78, 5) is 9.90. The smallest absolute Gasteiger partial charge is 0.191 e. The largest absolute Gasteiger partial charge is 0.489 e. The number of aliphatic imine (C=N–C) groups is 1. The second kappa shape index (κ2) is 9.22. The minimum absolute atomic E-state index is 0.0787. The summed E-state index contributed by atoms with van der Waals surface area (Å²) in [5.74, 6) is 1.11. The molecule has 0 aliphatic rings. The molecule has 2 aromatic rings. The molecule has 130 valence electrons. The highest BCUT2D eigenvalue weighted by atomic mass is 32.1. The van der Waals surface area contributed by atoms with Gasteiger partial charge in [-0.1, -0.05) is 0 Å². The number of benzene rings is 1. The molecular formula is C17H23FN4OS. The third-order valence-electron chi connectivity index (χ3n) is 3.11. The molecule has 1 aromatic carbocycles. The zero-order valence-corrected chi connectivity index (χ0v) is 15.0. The van der Waals surface area contributed by atoms with Gasteiger partial charge in [0.15, 0.2) is 5.96 Å². The number of thiazole rings is 1. The summed E-state index contributed by atoms with van der Waals surface area (Å²) in [6.07, 6.45) is 1.78. The highest BCUT2D eigenvalue weighted by molar-refractivity contribution is 7.11. The molecule has 2 N–H and O–H groups in total. The molecule has 24 heavy (non-hydrogen) atoms. The van der Waals surface area contributed by atoms with E-state index in [0.29, 0.717) is 18.8 Å². The molecule has 0 fully saturated rings. The molecular weight excluding hydrogens is 327 g/mol. The minimum atomic E-state index is -0.270. The fourth-order valence-electron chi connectivity index (χ4n) is 2.00. The summed E-state index contributed by atoms with van der Waals surface area (Å²) >= 11 is 1.65. The van der Waals surface area contributed by atoms with Crippen molar-refractivity contribution < 1.29 is 9.13 Å². The van der Waals surface area contributed by atoms with E-state index in [1.807, 2.05) is 27.0 Å². The van der Waals surface area contributed by atoms with Crippen molar-refractivity contribution in [1.82, 2.24) is 15.6 Å². The molecule has 5 nitrogen and oxygen atoms in total. The van der Waals surface area contributed by atoms with Gasteiger partial charge in [0.1, 0.15) is 17.7 Å². The molecule has 0 aliphatic heterocycles. The van der Waals surface area contributed by atoms with Gasteiger partial charge in [-0.3, -0.25) is 0 Å². The summed E-state index contributed by atoms with van der Waals surface area (Å²) in [6.45, 7) is 7.91.